The molecule has 0 aliphatic carbocycles. The molecule has 2 fully saturated rings. The number of benzene rings is 1. The Morgan fingerprint density at radius 1 is 1.09 bits per heavy atom. The number of rotatable bonds is 2. The molecular formula is C18H23N5. The molecule has 5 nitrogen and oxygen atoms in total. The lowest BCUT2D eigenvalue weighted by Gasteiger charge is -2.27. The maximum absolute atomic E-state index is 5.83. The molecule has 2 N–H and O–H groups in total. The number of hydrogen-bond donors (Lipinski definition) is 1. The first-order valence-corrected chi connectivity index (χ1v) is 8.23. The third kappa shape index (κ3) is 2.55. The highest BCUT2D eigenvalue weighted by Gasteiger charge is 2.46. The van der Waals surface area contributed by atoms with Crippen LogP contribution in [0, 0.1) is 18.8 Å². The highest BCUT2D eigenvalue weighted by atomic mass is 15.3. The third-order valence-corrected chi connectivity index (χ3v) is 5.22. The van der Waals surface area contributed by atoms with Crippen LogP contribution in [0.5, 0.6) is 0 Å². The summed E-state index contributed by atoms with van der Waals surface area (Å²) in [5.41, 5.74) is 8.18. The zero-order valence-electron chi connectivity index (χ0n) is 13.7. The lowest BCUT2D eigenvalue weighted by Crippen LogP contribution is -2.29. The number of likely N-dealkylation sites (tertiary alicyclic amines) is 1. The van der Waals surface area contributed by atoms with Crippen molar-refractivity contribution in [3.05, 3.63) is 47.7 Å². The van der Waals surface area contributed by atoms with Crippen molar-refractivity contribution in [2.45, 2.75) is 13.0 Å². The van der Waals surface area contributed by atoms with Gasteiger partial charge in [-0.2, -0.15) is 4.98 Å². The number of aryl methyl sites for hydroxylation is 1. The molecule has 23 heavy (non-hydrogen) atoms. The molecule has 2 saturated heterocycles. The Kier molecular flexibility index (Phi) is 3.45. The highest BCUT2D eigenvalue weighted by molar-refractivity contribution is 5.45. The normalized spacial score (nSPS) is 27.4. The second kappa shape index (κ2) is 5.49. The summed E-state index contributed by atoms with van der Waals surface area (Å²) >= 11 is 0. The highest BCUT2D eigenvalue weighted by Crippen LogP contribution is 2.44. The van der Waals surface area contributed by atoms with Gasteiger partial charge in [-0.05, 0) is 25.5 Å². The van der Waals surface area contributed by atoms with E-state index in [0.29, 0.717) is 23.8 Å². The Morgan fingerprint density at radius 3 is 2.61 bits per heavy atom. The van der Waals surface area contributed by atoms with Gasteiger partial charge in [0.15, 0.2) is 0 Å². The van der Waals surface area contributed by atoms with E-state index >= 15 is 0 Å². The minimum atomic E-state index is 0.369. The fraction of sp³-hybridized carbons (Fsp3) is 0.444. The van der Waals surface area contributed by atoms with Crippen LogP contribution in [-0.4, -0.2) is 41.5 Å². The summed E-state index contributed by atoms with van der Waals surface area (Å²) in [5.74, 6) is 2.66. The quantitative estimate of drug-likeness (QED) is 0.921. The predicted octanol–water partition coefficient (Wildman–Crippen LogP) is 2.11. The van der Waals surface area contributed by atoms with Crippen molar-refractivity contribution in [2.24, 2.45) is 11.8 Å². The smallest absolute Gasteiger partial charge is 0.222 e. The molecule has 0 unspecified atom stereocenters. The summed E-state index contributed by atoms with van der Waals surface area (Å²) in [6.45, 7) is 5.19. The molecular weight excluding hydrogens is 286 g/mol. The van der Waals surface area contributed by atoms with Crippen molar-refractivity contribution in [1.29, 1.82) is 0 Å². The van der Waals surface area contributed by atoms with Gasteiger partial charge < -0.3 is 10.6 Å². The zero-order valence-corrected chi connectivity index (χ0v) is 13.7. The van der Waals surface area contributed by atoms with Crippen LogP contribution in [-0.2, 0) is 0 Å². The number of fused-ring (bicyclic) bond motifs is 1. The average Bonchev–Trinajstić information content (AvgIpc) is 3.03. The van der Waals surface area contributed by atoms with Crippen molar-refractivity contribution >= 4 is 11.8 Å². The van der Waals surface area contributed by atoms with Crippen molar-refractivity contribution in [1.82, 2.24) is 14.9 Å². The minimum absolute atomic E-state index is 0.369. The molecule has 3 atom stereocenters. The van der Waals surface area contributed by atoms with Gasteiger partial charge in [0, 0.05) is 43.4 Å². The molecule has 4 rings (SSSR count). The molecule has 5 heteroatoms. The first-order chi connectivity index (χ1) is 11.1. The first-order valence-electron chi connectivity index (χ1n) is 8.23. The fourth-order valence-corrected chi connectivity index (χ4v) is 4.33. The second-order valence-electron chi connectivity index (χ2n) is 6.85. The maximum atomic E-state index is 5.83. The van der Waals surface area contributed by atoms with E-state index in [0.717, 1.165) is 31.1 Å². The van der Waals surface area contributed by atoms with E-state index in [1.807, 2.05) is 13.0 Å². The number of nitrogens with two attached hydrogens (primary N) is 1. The molecule has 0 radical (unpaired) electrons. The van der Waals surface area contributed by atoms with Crippen LogP contribution in [0.15, 0.2) is 36.4 Å². The molecule has 2 aromatic rings. The minimum Gasteiger partial charge on any atom is -0.368 e. The van der Waals surface area contributed by atoms with Crippen molar-refractivity contribution in [2.75, 3.05) is 37.3 Å². The van der Waals surface area contributed by atoms with E-state index in [2.05, 4.69) is 57.1 Å². The Hall–Kier alpha value is -2.14. The van der Waals surface area contributed by atoms with E-state index < -0.39 is 0 Å². The lowest BCUT2D eigenvalue weighted by atomic mass is 9.90. The fourth-order valence-electron chi connectivity index (χ4n) is 4.33. The molecule has 120 valence electrons. The summed E-state index contributed by atoms with van der Waals surface area (Å²) in [4.78, 5) is 13.5. The van der Waals surface area contributed by atoms with Gasteiger partial charge in [-0.25, -0.2) is 4.98 Å². The van der Waals surface area contributed by atoms with Gasteiger partial charge in [0.25, 0.3) is 0 Å². The summed E-state index contributed by atoms with van der Waals surface area (Å²) in [6, 6.07) is 13.4. The molecule has 2 aliphatic rings. The Balaban J connectivity index is 1.60. The van der Waals surface area contributed by atoms with E-state index in [9.17, 15) is 0 Å². The van der Waals surface area contributed by atoms with Crippen LogP contribution in [0.2, 0.25) is 0 Å². The van der Waals surface area contributed by atoms with Crippen molar-refractivity contribution in [3.63, 3.8) is 0 Å². The van der Waals surface area contributed by atoms with Gasteiger partial charge >= 0.3 is 0 Å². The molecule has 3 heterocycles. The SMILES string of the molecule is Cc1cc(N2C[C@@H]3CN(C)[C@@H](c4ccccc4)[C@@H]3C2)nc(N)n1. The van der Waals surface area contributed by atoms with Gasteiger partial charge in [0.1, 0.15) is 5.82 Å². The van der Waals surface area contributed by atoms with E-state index in [-0.39, 0.29) is 0 Å². The molecule has 1 aromatic carbocycles. The molecule has 0 amide bonds. The van der Waals surface area contributed by atoms with Crippen LogP contribution in [0.25, 0.3) is 0 Å². The number of nitrogens with zero attached hydrogens (tertiary/aromatic N) is 4. The molecule has 2 aliphatic heterocycles. The Labute approximate surface area is 137 Å². The summed E-state index contributed by atoms with van der Waals surface area (Å²) in [5, 5.41) is 0. The maximum Gasteiger partial charge on any atom is 0.222 e. The zero-order chi connectivity index (χ0) is 16.0. The van der Waals surface area contributed by atoms with Gasteiger partial charge in [0.05, 0.1) is 0 Å². The predicted molar refractivity (Wildman–Crippen MR) is 92.2 cm³/mol. The van der Waals surface area contributed by atoms with Gasteiger partial charge in [-0.3, -0.25) is 4.90 Å². The van der Waals surface area contributed by atoms with Gasteiger partial charge in [0.2, 0.25) is 5.95 Å². The summed E-state index contributed by atoms with van der Waals surface area (Å²) in [6.07, 6.45) is 0. The average molecular weight is 309 g/mol. The number of nitrogen functional groups attached to an aromatic ring is 1. The van der Waals surface area contributed by atoms with Crippen LogP contribution >= 0.6 is 0 Å². The van der Waals surface area contributed by atoms with Crippen LogP contribution in [0.1, 0.15) is 17.3 Å². The Morgan fingerprint density at radius 2 is 1.87 bits per heavy atom. The number of aromatic nitrogens is 2. The van der Waals surface area contributed by atoms with Crippen LogP contribution in [0.3, 0.4) is 0 Å². The lowest BCUT2D eigenvalue weighted by molar-refractivity contribution is 0.280. The first kappa shape index (κ1) is 14.5. The Bertz CT molecular complexity index is 682. The third-order valence-electron chi connectivity index (χ3n) is 5.22. The molecule has 1 aromatic heterocycles. The van der Waals surface area contributed by atoms with E-state index in [1.165, 1.54) is 5.56 Å². The topological polar surface area (TPSA) is 58.3 Å². The van der Waals surface area contributed by atoms with Crippen LogP contribution < -0.4 is 10.6 Å². The van der Waals surface area contributed by atoms with Crippen molar-refractivity contribution < 1.29 is 0 Å². The number of anilines is 2. The van der Waals surface area contributed by atoms with Crippen molar-refractivity contribution in [3.8, 4) is 0 Å². The molecule has 0 saturated carbocycles. The molecule has 0 spiro atoms. The largest absolute Gasteiger partial charge is 0.368 e. The van der Waals surface area contributed by atoms with E-state index in [4.69, 9.17) is 5.73 Å². The molecule has 0 bridgehead atoms. The summed E-state index contributed by atoms with van der Waals surface area (Å²) in [7, 11) is 2.24. The number of hydrogen-bond acceptors (Lipinski definition) is 5. The monoisotopic (exact) mass is 309 g/mol. The standard InChI is InChI=1S/C18H23N5/c1-12-8-16(21-18(19)20-12)23-10-14-9-22(2)17(15(14)11-23)13-6-4-3-5-7-13/h3-8,14-15,17H,9-11H2,1-2H3,(H2,19,20,21)/t14-,15+,17-/m0/s1. The van der Waals surface area contributed by atoms with Gasteiger partial charge in [-0.1, -0.05) is 30.3 Å². The van der Waals surface area contributed by atoms with Crippen LogP contribution in [0.4, 0.5) is 11.8 Å². The second-order valence-corrected chi connectivity index (χ2v) is 6.85. The van der Waals surface area contributed by atoms with E-state index in [1.54, 1.807) is 0 Å². The summed E-state index contributed by atoms with van der Waals surface area (Å²) < 4.78 is 0. The van der Waals surface area contributed by atoms with Gasteiger partial charge in [-0.15, -0.1) is 0 Å².